The maximum atomic E-state index is 12.4. The van der Waals surface area contributed by atoms with E-state index >= 15 is 0 Å². The van der Waals surface area contributed by atoms with E-state index in [1.54, 1.807) is 29.5 Å². The van der Waals surface area contributed by atoms with Crippen LogP contribution >= 0.6 is 11.3 Å². The standard InChI is InChI=1S/C17H18N2O3S/c1-9-3-6-15(23-9)11-8-12(11)17(21)19-13-7-10(16(18)20)4-5-14(13)22-2/h3-7,11-12H,8H2,1-2H3,(H2,18,20)(H,19,21). The highest BCUT2D eigenvalue weighted by atomic mass is 32.1. The fourth-order valence-corrected chi connectivity index (χ4v) is 3.69. The third kappa shape index (κ3) is 3.22. The topological polar surface area (TPSA) is 81.4 Å². The zero-order valence-electron chi connectivity index (χ0n) is 13.0. The molecule has 1 heterocycles. The molecular weight excluding hydrogens is 312 g/mol. The summed E-state index contributed by atoms with van der Waals surface area (Å²) in [7, 11) is 1.52. The van der Waals surface area contributed by atoms with Gasteiger partial charge in [-0.1, -0.05) is 0 Å². The third-order valence-corrected chi connectivity index (χ3v) is 5.13. The minimum absolute atomic E-state index is 0.0324. The van der Waals surface area contributed by atoms with Crippen molar-refractivity contribution in [3.63, 3.8) is 0 Å². The van der Waals surface area contributed by atoms with E-state index in [1.165, 1.54) is 16.9 Å². The smallest absolute Gasteiger partial charge is 0.248 e. The number of ether oxygens (including phenoxy) is 1. The highest BCUT2D eigenvalue weighted by Crippen LogP contribution is 2.50. The first-order chi connectivity index (χ1) is 11.0. The summed E-state index contributed by atoms with van der Waals surface area (Å²) in [5, 5.41) is 2.86. The van der Waals surface area contributed by atoms with Gasteiger partial charge in [-0.2, -0.15) is 0 Å². The van der Waals surface area contributed by atoms with E-state index in [2.05, 4.69) is 24.4 Å². The van der Waals surface area contributed by atoms with Gasteiger partial charge in [-0.15, -0.1) is 11.3 Å². The number of rotatable bonds is 5. The molecule has 1 aliphatic rings. The summed E-state index contributed by atoms with van der Waals surface area (Å²) in [5.41, 5.74) is 6.10. The molecule has 2 unspecified atom stereocenters. The van der Waals surface area contributed by atoms with Crippen LogP contribution in [-0.2, 0) is 4.79 Å². The molecule has 0 radical (unpaired) electrons. The molecule has 2 aromatic rings. The lowest BCUT2D eigenvalue weighted by Crippen LogP contribution is -2.17. The Hall–Kier alpha value is -2.34. The van der Waals surface area contributed by atoms with Crippen molar-refractivity contribution >= 4 is 28.8 Å². The monoisotopic (exact) mass is 330 g/mol. The molecule has 0 spiro atoms. The van der Waals surface area contributed by atoms with Crippen molar-refractivity contribution in [2.45, 2.75) is 19.3 Å². The van der Waals surface area contributed by atoms with Crippen LogP contribution in [0.2, 0.25) is 0 Å². The SMILES string of the molecule is COc1ccc(C(N)=O)cc1NC(=O)C1CC1c1ccc(C)s1. The van der Waals surface area contributed by atoms with E-state index in [0.717, 1.165) is 6.42 Å². The summed E-state index contributed by atoms with van der Waals surface area (Å²) in [6.07, 6.45) is 0.851. The van der Waals surface area contributed by atoms with Crippen molar-refractivity contribution in [3.05, 3.63) is 45.6 Å². The van der Waals surface area contributed by atoms with Crippen molar-refractivity contribution in [3.8, 4) is 5.75 Å². The summed E-state index contributed by atoms with van der Waals surface area (Å²) in [6, 6.07) is 8.92. The minimum Gasteiger partial charge on any atom is -0.495 e. The number of methoxy groups -OCH3 is 1. The Morgan fingerprint density at radius 2 is 2.09 bits per heavy atom. The van der Waals surface area contributed by atoms with E-state index in [4.69, 9.17) is 10.5 Å². The molecule has 0 saturated heterocycles. The molecule has 2 amide bonds. The zero-order valence-corrected chi connectivity index (χ0v) is 13.8. The number of anilines is 1. The van der Waals surface area contributed by atoms with Gasteiger partial charge in [0.2, 0.25) is 11.8 Å². The van der Waals surface area contributed by atoms with Crippen LogP contribution in [0.1, 0.15) is 32.5 Å². The number of amides is 2. The van der Waals surface area contributed by atoms with Gasteiger partial charge in [0.1, 0.15) is 5.75 Å². The maximum Gasteiger partial charge on any atom is 0.248 e. The van der Waals surface area contributed by atoms with Gasteiger partial charge in [0.25, 0.3) is 0 Å². The lowest BCUT2D eigenvalue weighted by atomic mass is 10.1. The minimum atomic E-state index is -0.540. The second kappa shape index (κ2) is 6.04. The van der Waals surface area contributed by atoms with Crippen molar-refractivity contribution in [2.75, 3.05) is 12.4 Å². The Balaban J connectivity index is 1.73. The fourth-order valence-electron chi connectivity index (χ4n) is 2.64. The van der Waals surface area contributed by atoms with Gasteiger partial charge in [0.15, 0.2) is 0 Å². The number of primary amides is 1. The molecule has 3 N–H and O–H groups in total. The van der Waals surface area contributed by atoms with Crippen molar-refractivity contribution in [1.82, 2.24) is 0 Å². The summed E-state index contributed by atoms with van der Waals surface area (Å²) in [6.45, 7) is 2.06. The van der Waals surface area contributed by atoms with Crippen LogP contribution in [0.25, 0.3) is 0 Å². The molecule has 1 saturated carbocycles. The Morgan fingerprint density at radius 1 is 1.30 bits per heavy atom. The average Bonchev–Trinajstić information content (AvgIpc) is 3.22. The van der Waals surface area contributed by atoms with Gasteiger partial charge in [0.05, 0.1) is 12.8 Å². The van der Waals surface area contributed by atoms with Crippen LogP contribution in [0.4, 0.5) is 5.69 Å². The van der Waals surface area contributed by atoms with Crippen LogP contribution in [-0.4, -0.2) is 18.9 Å². The summed E-state index contributed by atoms with van der Waals surface area (Å²) in [5.74, 6) is 0.170. The van der Waals surface area contributed by atoms with E-state index in [9.17, 15) is 9.59 Å². The Labute approximate surface area is 138 Å². The van der Waals surface area contributed by atoms with E-state index in [-0.39, 0.29) is 11.8 Å². The number of carbonyl (C=O) groups is 2. The lowest BCUT2D eigenvalue weighted by Gasteiger charge is -2.11. The molecular formula is C17H18N2O3S. The van der Waals surface area contributed by atoms with Gasteiger partial charge in [-0.3, -0.25) is 9.59 Å². The molecule has 6 heteroatoms. The van der Waals surface area contributed by atoms with Crippen molar-refractivity contribution in [1.29, 1.82) is 0 Å². The number of hydrogen-bond donors (Lipinski definition) is 2. The quantitative estimate of drug-likeness (QED) is 0.884. The number of nitrogens with one attached hydrogen (secondary N) is 1. The first kappa shape index (κ1) is 15.6. The average molecular weight is 330 g/mol. The van der Waals surface area contributed by atoms with E-state index in [0.29, 0.717) is 22.9 Å². The molecule has 1 aliphatic carbocycles. The number of nitrogens with two attached hydrogens (primary N) is 1. The molecule has 1 aromatic heterocycles. The zero-order chi connectivity index (χ0) is 16.6. The predicted octanol–water partition coefficient (Wildman–Crippen LogP) is 2.91. The summed E-state index contributed by atoms with van der Waals surface area (Å²) < 4.78 is 5.23. The number of benzene rings is 1. The largest absolute Gasteiger partial charge is 0.495 e. The molecule has 2 atom stereocenters. The molecule has 1 aromatic carbocycles. The van der Waals surface area contributed by atoms with Gasteiger partial charge in [0, 0.05) is 27.2 Å². The highest BCUT2D eigenvalue weighted by molar-refractivity contribution is 7.12. The lowest BCUT2D eigenvalue weighted by molar-refractivity contribution is -0.117. The second-order valence-electron chi connectivity index (χ2n) is 5.67. The van der Waals surface area contributed by atoms with Crippen molar-refractivity contribution in [2.24, 2.45) is 11.7 Å². The first-order valence-corrected chi connectivity index (χ1v) is 8.16. The van der Waals surface area contributed by atoms with Gasteiger partial charge in [-0.05, 0) is 43.7 Å². The Morgan fingerprint density at radius 3 is 2.70 bits per heavy atom. The normalized spacial score (nSPS) is 19.2. The van der Waals surface area contributed by atoms with E-state index in [1.807, 2.05) is 0 Å². The molecule has 0 bridgehead atoms. The molecule has 1 fully saturated rings. The third-order valence-electron chi connectivity index (χ3n) is 4.00. The van der Waals surface area contributed by atoms with Crippen LogP contribution in [0, 0.1) is 12.8 Å². The van der Waals surface area contributed by atoms with Crippen LogP contribution in [0.5, 0.6) is 5.75 Å². The predicted molar refractivity (Wildman–Crippen MR) is 90.0 cm³/mol. The summed E-state index contributed by atoms with van der Waals surface area (Å²) in [4.78, 5) is 26.2. The second-order valence-corrected chi connectivity index (χ2v) is 6.99. The molecule has 5 nitrogen and oxygen atoms in total. The van der Waals surface area contributed by atoms with E-state index < -0.39 is 5.91 Å². The number of aryl methyl sites for hydroxylation is 1. The number of hydrogen-bond acceptors (Lipinski definition) is 4. The van der Waals surface area contributed by atoms with Gasteiger partial charge in [-0.25, -0.2) is 0 Å². The first-order valence-electron chi connectivity index (χ1n) is 7.34. The Bertz CT molecular complexity index is 769. The van der Waals surface area contributed by atoms with Crippen LogP contribution in [0.15, 0.2) is 30.3 Å². The van der Waals surface area contributed by atoms with Crippen molar-refractivity contribution < 1.29 is 14.3 Å². The van der Waals surface area contributed by atoms with Crippen LogP contribution in [0.3, 0.4) is 0 Å². The van der Waals surface area contributed by atoms with Gasteiger partial charge >= 0.3 is 0 Å². The summed E-state index contributed by atoms with van der Waals surface area (Å²) >= 11 is 1.73. The van der Waals surface area contributed by atoms with Crippen LogP contribution < -0.4 is 15.8 Å². The molecule has 0 aliphatic heterocycles. The highest BCUT2D eigenvalue weighted by Gasteiger charge is 2.44. The molecule has 120 valence electrons. The maximum absolute atomic E-state index is 12.4. The number of carbonyl (C=O) groups excluding carboxylic acids is 2. The molecule has 3 rings (SSSR count). The molecule has 23 heavy (non-hydrogen) atoms. The number of thiophene rings is 1. The van der Waals surface area contributed by atoms with Gasteiger partial charge < -0.3 is 15.8 Å². The fraction of sp³-hybridized carbons (Fsp3) is 0.294. The Kier molecular flexibility index (Phi) is 4.09.